The zero-order chi connectivity index (χ0) is 18.4. The van der Waals surface area contributed by atoms with Gasteiger partial charge in [-0.3, -0.25) is 14.9 Å². The van der Waals surface area contributed by atoms with Crippen LogP contribution in [0.25, 0.3) is 0 Å². The molecule has 1 amide bonds. The average Bonchev–Trinajstić information content (AvgIpc) is 2.59. The molecule has 2 rings (SSSR count). The predicted octanol–water partition coefficient (Wildman–Crippen LogP) is 2.38. The van der Waals surface area contributed by atoms with Gasteiger partial charge in [0, 0.05) is 23.7 Å². The van der Waals surface area contributed by atoms with E-state index < -0.39 is 16.9 Å². The minimum Gasteiger partial charge on any atom is -0.491 e. The SMILES string of the molecule is Cc1ccccc1OCC(O)CNC(=O)c1cccc([N+](=O)[O-])c1C. The molecule has 0 saturated carbocycles. The second-order valence-corrected chi connectivity index (χ2v) is 5.65. The highest BCUT2D eigenvalue weighted by atomic mass is 16.6. The molecule has 0 fully saturated rings. The summed E-state index contributed by atoms with van der Waals surface area (Å²) in [6.45, 7) is 3.42. The van der Waals surface area contributed by atoms with E-state index in [-0.39, 0.29) is 30.0 Å². The number of ether oxygens (including phenoxy) is 1. The van der Waals surface area contributed by atoms with Crippen LogP contribution in [-0.2, 0) is 0 Å². The third-order valence-electron chi connectivity index (χ3n) is 3.77. The smallest absolute Gasteiger partial charge is 0.273 e. The number of amides is 1. The second-order valence-electron chi connectivity index (χ2n) is 5.65. The van der Waals surface area contributed by atoms with E-state index in [1.165, 1.54) is 25.1 Å². The van der Waals surface area contributed by atoms with Crippen molar-refractivity contribution in [3.05, 3.63) is 69.3 Å². The van der Waals surface area contributed by atoms with Gasteiger partial charge in [-0.05, 0) is 31.5 Å². The number of carbonyl (C=O) groups excluding carboxylic acids is 1. The van der Waals surface area contributed by atoms with Gasteiger partial charge < -0.3 is 15.2 Å². The summed E-state index contributed by atoms with van der Waals surface area (Å²) in [7, 11) is 0. The van der Waals surface area contributed by atoms with Crippen LogP contribution >= 0.6 is 0 Å². The minimum atomic E-state index is -0.900. The van der Waals surface area contributed by atoms with Gasteiger partial charge in [-0.15, -0.1) is 0 Å². The van der Waals surface area contributed by atoms with Crippen molar-refractivity contribution in [2.45, 2.75) is 20.0 Å². The number of hydrogen-bond acceptors (Lipinski definition) is 5. The van der Waals surface area contributed by atoms with E-state index in [1.54, 1.807) is 6.07 Å². The Balaban J connectivity index is 1.90. The highest BCUT2D eigenvalue weighted by Gasteiger charge is 2.18. The molecule has 0 radical (unpaired) electrons. The van der Waals surface area contributed by atoms with Crippen molar-refractivity contribution in [2.24, 2.45) is 0 Å². The van der Waals surface area contributed by atoms with E-state index in [2.05, 4.69) is 5.32 Å². The van der Waals surface area contributed by atoms with Crippen LogP contribution < -0.4 is 10.1 Å². The number of para-hydroxylation sites is 1. The number of nitro benzene ring substituents is 1. The first-order valence-electron chi connectivity index (χ1n) is 7.79. The molecule has 0 aliphatic heterocycles. The first-order chi connectivity index (χ1) is 11.9. The molecule has 2 N–H and O–H groups in total. The third-order valence-corrected chi connectivity index (χ3v) is 3.77. The number of nitrogens with one attached hydrogen (secondary N) is 1. The van der Waals surface area contributed by atoms with Crippen LogP contribution in [0.5, 0.6) is 5.75 Å². The summed E-state index contributed by atoms with van der Waals surface area (Å²) in [5.41, 5.74) is 1.33. The van der Waals surface area contributed by atoms with E-state index in [4.69, 9.17) is 4.74 Å². The molecule has 1 unspecified atom stereocenters. The summed E-state index contributed by atoms with van der Waals surface area (Å²) in [6, 6.07) is 11.7. The van der Waals surface area contributed by atoms with Gasteiger partial charge in [0.25, 0.3) is 11.6 Å². The van der Waals surface area contributed by atoms with E-state index in [0.717, 1.165) is 5.56 Å². The van der Waals surface area contributed by atoms with Crippen molar-refractivity contribution in [1.29, 1.82) is 0 Å². The summed E-state index contributed by atoms with van der Waals surface area (Å²) < 4.78 is 5.52. The number of nitro groups is 1. The van der Waals surface area contributed by atoms with Crippen molar-refractivity contribution < 1.29 is 19.6 Å². The van der Waals surface area contributed by atoms with Crippen molar-refractivity contribution in [3.63, 3.8) is 0 Å². The van der Waals surface area contributed by atoms with Gasteiger partial charge in [0.2, 0.25) is 0 Å². The Hall–Kier alpha value is -2.93. The number of benzene rings is 2. The maximum Gasteiger partial charge on any atom is 0.273 e. The lowest BCUT2D eigenvalue weighted by Crippen LogP contribution is -2.35. The first-order valence-corrected chi connectivity index (χ1v) is 7.79. The summed E-state index contributed by atoms with van der Waals surface area (Å²) in [6.07, 6.45) is -0.900. The highest BCUT2D eigenvalue weighted by Crippen LogP contribution is 2.21. The Bertz CT molecular complexity index is 776. The van der Waals surface area contributed by atoms with Crippen LogP contribution in [0.15, 0.2) is 42.5 Å². The van der Waals surface area contributed by atoms with Crippen LogP contribution in [0, 0.1) is 24.0 Å². The Labute approximate surface area is 145 Å². The molecule has 0 saturated heterocycles. The van der Waals surface area contributed by atoms with Crippen molar-refractivity contribution in [2.75, 3.05) is 13.2 Å². The Kier molecular flexibility index (Phi) is 6.08. The van der Waals surface area contributed by atoms with Crippen molar-refractivity contribution in [3.8, 4) is 5.75 Å². The van der Waals surface area contributed by atoms with Crippen LogP contribution in [0.3, 0.4) is 0 Å². The number of aryl methyl sites for hydroxylation is 1. The largest absolute Gasteiger partial charge is 0.491 e. The second kappa shape index (κ2) is 8.25. The van der Waals surface area contributed by atoms with Crippen LogP contribution in [0.2, 0.25) is 0 Å². The maximum absolute atomic E-state index is 12.2. The van der Waals surface area contributed by atoms with Gasteiger partial charge in [-0.2, -0.15) is 0 Å². The highest BCUT2D eigenvalue weighted by molar-refractivity contribution is 5.96. The average molecular weight is 344 g/mol. The fourth-order valence-corrected chi connectivity index (χ4v) is 2.34. The quantitative estimate of drug-likeness (QED) is 0.593. The number of hydrogen-bond donors (Lipinski definition) is 2. The van der Waals surface area contributed by atoms with Crippen LogP contribution in [0.1, 0.15) is 21.5 Å². The van der Waals surface area contributed by atoms with E-state index >= 15 is 0 Å². The number of carbonyl (C=O) groups is 1. The molecular weight excluding hydrogens is 324 g/mol. The Morgan fingerprint density at radius 1 is 1.24 bits per heavy atom. The normalized spacial score (nSPS) is 11.6. The minimum absolute atomic E-state index is 0.0210. The summed E-state index contributed by atoms with van der Waals surface area (Å²) in [5.74, 6) is 0.193. The molecule has 2 aromatic rings. The zero-order valence-corrected chi connectivity index (χ0v) is 14.1. The topological polar surface area (TPSA) is 102 Å². The summed E-state index contributed by atoms with van der Waals surface area (Å²) in [5, 5.41) is 23.5. The van der Waals surface area contributed by atoms with Gasteiger partial charge in [-0.25, -0.2) is 0 Å². The Morgan fingerprint density at radius 3 is 2.64 bits per heavy atom. The monoisotopic (exact) mass is 344 g/mol. The lowest BCUT2D eigenvalue weighted by molar-refractivity contribution is -0.385. The lowest BCUT2D eigenvalue weighted by Gasteiger charge is -2.15. The summed E-state index contributed by atoms with van der Waals surface area (Å²) >= 11 is 0. The van der Waals surface area contributed by atoms with Gasteiger partial charge in [0.1, 0.15) is 18.5 Å². The molecule has 0 aliphatic rings. The van der Waals surface area contributed by atoms with Crippen LogP contribution in [0.4, 0.5) is 5.69 Å². The van der Waals surface area contributed by atoms with Gasteiger partial charge >= 0.3 is 0 Å². The van der Waals surface area contributed by atoms with Gasteiger partial charge in [0.05, 0.1) is 4.92 Å². The van der Waals surface area contributed by atoms with E-state index in [0.29, 0.717) is 5.75 Å². The molecule has 7 heteroatoms. The summed E-state index contributed by atoms with van der Waals surface area (Å²) in [4.78, 5) is 22.6. The first kappa shape index (κ1) is 18.4. The van der Waals surface area contributed by atoms with Gasteiger partial charge in [-0.1, -0.05) is 24.3 Å². The predicted molar refractivity (Wildman–Crippen MR) is 92.8 cm³/mol. The number of rotatable bonds is 7. The molecule has 25 heavy (non-hydrogen) atoms. The molecular formula is C18H20N2O5. The molecule has 0 aromatic heterocycles. The zero-order valence-electron chi connectivity index (χ0n) is 14.1. The van der Waals surface area contributed by atoms with E-state index in [9.17, 15) is 20.0 Å². The standard InChI is InChI=1S/C18H20N2O5/c1-12-6-3-4-9-17(12)25-11-14(21)10-19-18(22)15-7-5-8-16(13(15)2)20(23)24/h3-9,14,21H,10-11H2,1-2H3,(H,19,22). The molecule has 0 heterocycles. The molecule has 7 nitrogen and oxygen atoms in total. The number of nitrogens with zero attached hydrogens (tertiary/aromatic N) is 1. The number of aliphatic hydroxyl groups excluding tert-OH is 1. The molecule has 132 valence electrons. The fourth-order valence-electron chi connectivity index (χ4n) is 2.34. The maximum atomic E-state index is 12.2. The van der Waals surface area contributed by atoms with Crippen LogP contribution in [-0.4, -0.2) is 35.2 Å². The fraction of sp³-hybridized carbons (Fsp3) is 0.278. The molecule has 0 spiro atoms. The van der Waals surface area contributed by atoms with E-state index in [1.807, 2.05) is 25.1 Å². The lowest BCUT2D eigenvalue weighted by atomic mass is 10.1. The number of aliphatic hydroxyl groups is 1. The van der Waals surface area contributed by atoms with Gasteiger partial charge in [0.15, 0.2) is 0 Å². The molecule has 0 bridgehead atoms. The molecule has 0 aliphatic carbocycles. The molecule has 1 atom stereocenters. The third kappa shape index (κ3) is 4.77. The van der Waals surface area contributed by atoms with Crippen molar-refractivity contribution in [1.82, 2.24) is 5.32 Å². The Morgan fingerprint density at radius 2 is 1.96 bits per heavy atom. The van der Waals surface area contributed by atoms with Crippen molar-refractivity contribution >= 4 is 11.6 Å². The molecule has 2 aromatic carbocycles.